The monoisotopic (exact) mass is 197 g/mol. The fourth-order valence-electron chi connectivity index (χ4n) is 2.16. The summed E-state index contributed by atoms with van der Waals surface area (Å²) >= 11 is 0. The van der Waals surface area contributed by atoms with E-state index in [9.17, 15) is 4.79 Å². The molecule has 0 aromatic carbocycles. The first-order chi connectivity index (χ1) is 6.59. The summed E-state index contributed by atoms with van der Waals surface area (Å²) in [5.41, 5.74) is 5.64. The van der Waals surface area contributed by atoms with Gasteiger partial charge in [-0.25, -0.2) is 0 Å². The lowest BCUT2D eigenvalue weighted by molar-refractivity contribution is -0.124. The number of hydrogen-bond acceptors (Lipinski definition) is 2. The Bertz CT molecular complexity index is 181. The van der Waals surface area contributed by atoms with Gasteiger partial charge < -0.3 is 5.73 Å². The minimum absolute atomic E-state index is 0.168. The molecule has 0 aromatic rings. The molecule has 1 atom stereocenters. The van der Waals surface area contributed by atoms with E-state index in [4.69, 9.17) is 5.73 Å². The average molecular weight is 197 g/mol. The molecule has 1 rings (SSSR count). The van der Waals surface area contributed by atoms with Crippen LogP contribution in [0.15, 0.2) is 0 Å². The highest BCUT2D eigenvalue weighted by Gasteiger charge is 2.23. The number of nitrogens with two attached hydrogens (primary N) is 1. The van der Waals surface area contributed by atoms with Gasteiger partial charge in [0.2, 0.25) is 0 Å². The zero-order chi connectivity index (χ0) is 10.6. The van der Waals surface area contributed by atoms with Gasteiger partial charge in [-0.3, -0.25) is 4.79 Å². The van der Waals surface area contributed by atoms with Crippen molar-refractivity contribution in [1.82, 2.24) is 0 Å². The Kier molecular flexibility index (Phi) is 4.59. The zero-order valence-corrected chi connectivity index (χ0v) is 9.46. The van der Waals surface area contributed by atoms with Crippen molar-refractivity contribution in [2.75, 3.05) is 0 Å². The third kappa shape index (κ3) is 3.79. The molecular weight excluding hydrogens is 174 g/mol. The van der Waals surface area contributed by atoms with Gasteiger partial charge in [0, 0.05) is 18.4 Å². The Morgan fingerprint density at radius 3 is 2.43 bits per heavy atom. The van der Waals surface area contributed by atoms with E-state index in [2.05, 4.69) is 6.92 Å². The van der Waals surface area contributed by atoms with Gasteiger partial charge in [-0.1, -0.05) is 19.8 Å². The van der Waals surface area contributed by atoms with Crippen LogP contribution in [0.1, 0.15) is 52.4 Å². The second kappa shape index (κ2) is 5.50. The molecule has 0 aromatic heterocycles. The number of carbonyl (C=O) groups excluding carboxylic acids is 1. The lowest BCUT2D eigenvalue weighted by atomic mass is 9.80. The topological polar surface area (TPSA) is 43.1 Å². The van der Waals surface area contributed by atoms with Crippen molar-refractivity contribution >= 4 is 5.78 Å². The Morgan fingerprint density at radius 2 is 1.93 bits per heavy atom. The summed E-state index contributed by atoms with van der Waals surface area (Å²) in [6, 6.07) is 0.168. The molecule has 0 amide bonds. The van der Waals surface area contributed by atoms with Crippen LogP contribution >= 0.6 is 0 Å². The molecule has 1 aliphatic carbocycles. The van der Waals surface area contributed by atoms with Crippen molar-refractivity contribution in [1.29, 1.82) is 0 Å². The first kappa shape index (κ1) is 11.7. The maximum absolute atomic E-state index is 11.8. The molecule has 1 fully saturated rings. The molecule has 2 heteroatoms. The first-order valence-corrected chi connectivity index (χ1v) is 5.88. The van der Waals surface area contributed by atoms with E-state index in [1.54, 1.807) is 0 Å². The predicted octanol–water partition coefficient (Wildman–Crippen LogP) is 2.51. The number of carbonyl (C=O) groups is 1. The van der Waals surface area contributed by atoms with E-state index in [1.807, 2.05) is 6.92 Å². The smallest absolute Gasteiger partial charge is 0.136 e. The molecule has 1 saturated carbocycles. The van der Waals surface area contributed by atoms with Crippen molar-refractivity contribution < 1.29 is 4.79 Å². The molecule has 0 heterocycles. The molecule has 0 spiro atoms. The van der Waals surface area contributed by atoms with Gasteiger partial charge in [0.05, 0.1) is 0 Å². The fraction of sp³-hybridized carbons (Fsp3) is 0.917. The van der Waals surface area contributed by atoms with Crippen LogP contribution < -0.4 is 5.73 Å². The molecule has 0 bridgehead atoms. The molecule has 82 valence electrons. The van der Waals surface area contributed by atoms with Crippen molar-refractivity contribution in [3.63, 3.8) is 0 Å². The third-order valence-electron chi connectivity index (χ3n) is 3.32. The lowest BCUT2D eigenvalue weighted by Gasteiger charge is -2.25. The molecule has 0 saturated heterocycles. The number of Topliss-reactive ketones (excluding diaryl/α,β-unsaturated/α-hetero) is 1. The van der Waals surface area contributed by atoms with Gasteiger partial charge >= 0.3 is 0 Å². The average Bonchev–Trinajstić information content (AvgIpc) is 2.15. The Morgan fingerprint density at radius 1 is 1.36 bits per heavy atom. The van der Waals surface area contributed by atoms with Gasteiger partial charge in [0.15, 0.2) is 0 Å². The van der Waals surface area contributed by atoms with Crippen LogP contribution in [-0.2, 0) is 4.79 Å². The maximum Gasteiger partial charge on any atom is 0.136 e. The Labute approximate surface area is 87.2 Å². The first-order valence-electron chi connectivity index (χ1n) is 5.88. The van der Waals surface area contributed by atoms with Gasteiger partial charge in [-0.2, -0.15) is 0 Å². The van der Waals surface area contributed by atoms with E-state index in [-0.39, 0.29) is 6.04 Å². The van der Waals surface area contributed by atoms with Crippen LogP contribution in [0.5, 0.6) is 0 Å². The van der Waals surface area contributed by atoms with E-state index in [0.29, 0.717) is 18.1 Å². The van der Waals surface area contributed by atoms with Crippen LogP contribution in [0.3, 0.4) is 0 Å². The molecule has 14 heavy (non-hydrogen) atoms. The third-order valence-corrected chi connectivity index (χ3v) is 3.32. The Balaban J connectivity index is 2.24. The number of ketones is 1. The van der Waals surface area contributed by atoms with Crippen molar-refractivity contribution in [2.45, 2.75) is 58.4 Å². The largest absolute Gasteiger partial charge is 0.328 e. The fourth-order valence-corrected chi connectivity index (χ4v) is 2.16. The summed E-state index contributed by atoms with van der Waals surface area (Å²) in [5.74, 6) is 1.63. The summed E-state index contributed by atoms with van der Waals surface area (Å²) in [7, 11) is 0. The summed E-state index contributed by atoms with van der Waals surface area (Å²) in [6.07, 6.45) is 6.22. The molecule has 1 aliphatic rings. The molecule has 2 N–H and O–H groups in total. The minimum Gasteiger partial charge on any atom is -0.328 e. The minimum atomic E-state index is 0.168. The van der Waals surface area contributed by atoms with Crippen molar-refractivity contribution in [3.05, 3.63) is 0 Å². The maximum atomic E-state index is 11.8. The highest BCUT2D eigenvalue weighted by molar-refractivity contribution is 5.81. The summed E-state index contributed by atoms with van der Waals surface area (Å²) < 4.78 is 0. The van der Waals surface area contributed by atoms with E-state index in [1.165, 1.54) is 12.8 Å². The normalized spacial score (nSPS) is 29.9. The zero-order valence-electron chi connectivity index (χ0n) is 9.46. The summed E-state index contributed by atoms with van der Waals surface area (Å²) in [4.78, 5) is 11.8. The highest BCUT2D eigenvalue weighted by atomic mass is 16.1. The van der Waals surface area contributed by atoms with E-state index < -0.39 is 0 Å². The van der Waals surface area contributed by atoms with Crippen LogP contribution in [0, 0.1) is 11.8 Å². The quantitative estimate of drug-likeness (QED) is 0.752. The summed E-state index contributed by atoms with van der Waals surface area (Å²) in [5, 5.41) is 0. The van der Waals surface area contributed by atoms with Crippen LogP contribution in [0.4, 0.5) is 0 Å². The van der Waals surface area contributed by atoms with Gasteiger partial charge in [0.1, 0.15) is 5.78 Å². The van der Waals surface area contributed by atoms with Crippen molar-refractivity contribution in [2.24, 2.45) is 17.6 Å². The molecule has 0 radical (unpaired) electrons. The molecule has 1 unspecified atom stereocenters. The van der Waals surface area contributed by atoms with Crippen LogP contribution in [-0.4, -0.2) is 11.8 Å². The highest BCUT2D eigenvalue weighted by Crippen LogP contribution is 2.29. The van der Waals surface area contributed by atoms with Crippen molar-refractivity contribution in [3.8, 4) is 0 Å². The molecular formula is C12H23NO. The van der Waals surface area contributed by atoms with Crippen LogP contribution in [0.2, 0.25) is 0 Å². The predicted molar refractivity (Wildman–Crippen MR) is 59.0 cm³/mol. The van der Waals surface area contributed by atoms with E-state index >= 15 is 0 Å². The Hall–Kier alpha value is -0.370. The summed E-state index contributed by atoms with van der Waals surface area (Å²) in [6.45, 7) is 4.25. The van der Waals surface area contributed by atoms with Crippen LogP contribution in [0.25, 0.3) is 0 Å². The SMILES string of the molecule is CC(N)CCC(=O)C1CCC(C)CC1. The van der Waals surface area contributed by atoms with Gasteiger partial charge in [-0.05, 0) is 32.1 Å². The van der Waals surface area contributed by atoms with E-state index in [0.717, 1.165) is 25.2 Å². The number of rotatable bonds is 4. The van der Waals surface area contributed by atoms with Gasteiger partial charge in [0.25, 0.3) is 0 Å². The molecule has 2 nitrogen and oxygen atoms in total. The standard InChI is InChI=1S/C12H23NO/c1-9-3-6-11(7-4-9)12(14)8-5-10(2)13/h9-11H,3-8,13H2,1-2H3. The van der Waals surface area contributed by atoms with Gasteiger partial charge in [-0.15, -0.1) is 0 Å². The number of hydrogen-bond donors (Lipinski definition) is 1. The second-order valence-corrected chi connectivity index (χ2v) is 4.94. The molecule has 0 aliphatic heterocycles. The lowest BCUT2D eigenvalue weighted by Crippen LogP contribution is -2.23. The second-order valence-electron chi connectivity index (χ2n) is 4.94.